The van der Waals surface area contributed by atoms with Crippen LogP contribution in [0.25, 0.3) is 10.9 Å². The molecule has 30 heavy (non-hydrogen) atoms. The van der Waals surface area contributed by atoms with Gasteiger partial charge in [0.1, 0.15) is 0 Å². The van der Waals surface area contributed by atoms with E-state index in [9.17, 15) is 4.79 Å². The number of hydrazone groups is 1. The number of carbonyl (C=O) groups is 1. The molecule has 1 N–H and O–H groups in total. The Labute approximate surface area is 180 Å². The van der Waals surface area contributed by atoms with E-state index < -0.39 is 0 Å². The number of pyridine rings is 2. The molecule has 1 aliphatic heterocycles. The Morgan fingerprint density at radius 2 is 1.97 bits per heavy atom. The highest BCUT2D eigenvalue weighted by Gasteiger charge is 2.19. The minimum atomic E-state index is -0.0957. The Morgan fingerprint density at radius 1 is 1.10 bits per heavy atom. The summed E-state index contributed by atoms with van der Waals surface area (Å²) < 4.78 is 0. The number of rotatable bonds is 6. The molecular weight excluding hydrogens is 400 g/mol. The number of piperazine rings is 1. The van der Waals surface area contributed by atoms with E-state index in [1.807, 2.05) is 42.6 Å². The zero-order valence-electron chi connectivity index (χ0n) is 16.5. The van der Waals surface area contributed by atoms with Crippen LogP contribution < -0.4 is 10.3 Å². The molecule has 3 heterocycles. The molecule has 1 fully saturated rings. The second kappa shape index (κ2) is 9.65. The molecule has 0 spiro atoms. The summed E-state index contributed by atoms with van der Waals surface area (Å²) >= 11 is 6.09. The average molecular weight is 423 g/mol. The third-order valence-corrected chi connectivity index (χ3v) is 5.36. The van der Waals surface area contributed by atoms with Gasteiger partial charge < -0.3 is 4.90 Å². The average Bonchev–Trinajstić information content (AvgIpc) is 2.78. The molecule has 4 rings (SSSR count). The minimum Gasteiger partial charge on any atom is -0.368 e. The third-order valence-electron chi connectivity index (χ3n) is 5.12. The van der Waals surface area contributed by atoms with Gasteiger partial charge in [-0.15, -0.1) is 0 Å². The van der Waals surface area contributed by atoms with E-state index in [-0.39, 0.29) is 5.91 Å². The summed E-state index contributed by atoms with van der Waals surface area (Å²) in [6.45, 7) is 4.33. The van der Waals surface area contributed by atoms with E-state index >= 15 is 0 Å². The van der Waals surface area contributed by atoms with Crippen molar-refractivity contribution in [3.8, 4) is 0 Å². The van der Waals surface area contributed by atoms with Crippen molar-refractivity contribution in [1.29, 1.82) is 0 Å². The molecule has 0 atom stereocenters. The molecule has 0 aliphatic carbocycles. The highest BCUT2D eigenvalue weighted by Crippen LogP contribution is 2.28. The van der Waals surface area contributed by atoms with E-state index in [1.165, 1.54) is 5.69 Å². The fraction of sp³-hybridized carbons (Fsp3) is 0.273. The van der Waals surface area contributed by atoms with Crippen molar-refractivity contribution in [2.24, 2.45) is 5.10 Å². The van der Waals surface area contributed by atoms with Crippen molar-refractivity contribution >= 4 is 40.3 Å². The predicted octanol–water partition coefficient (Wildman–Crippen LogP) is 2.95. The van der Waals surface area contributed by atoms with Gasteiger partial charge in [0.15, 0.2) is 0 Å². The van der Waals surface area contributed by atoms with Crippen molar-refractivity contribution in [1.82, 2.24) is 20.3 Å². The smallest absolute Gasteiger partial charge is 0.241 e. The molecule has 0 radical (unpaired) electrons. The first-order chi connectivity index (χ1) is 14.7. The van der Waals surface area contributed by atoms with Gasteiger partial charge in [-0.3, -0.25) is 19.7 Å². The Kier molecular flexibility index (Phi) is 6.51. The van der Waals surface area contributed by atoms with Gasteiger partial charge >= 0.3 is 0 Å². The number of carbonyl (C=O) groups excluding carboxylic acids is 1. The van der Waals surface area contributed by atoms with Crippen LogP contribution in [0.1, 0.15) is 12.1 Å². The van der Waals surface area contributed by atoms with Gasteiger partial charge in [0.05, 0.1) is 17.4 Å². The van der Waals surface area contributed by atoms with E-state index in [2.05, 4.69) is 36.4 Å². The highest BCUT2D eigenvalue weighted by molar-refractivity contribution is 6.31. The van der Waals surface area contributed by atoms with E-state index in [0.717, 1.165) is 37.1 Å². The molecule has 7 nitrogen and oxygen atoms in total. The monoisotopic (exact) mass is 422 g/mol. The van der Waals surface area contributed by atoms with Crippen LogP contribution in [-0.2, 0) is 4.79 Å². The van der Waals surface area contributed by atoms with Gasteiger partial charge in [-0.1, -0.05) is 17.7 Å². The Morgan fingerprint density at radius 3 is 2.77 bits per heavy atom. The highest BCUT2D eigenvalue weighted by atomic mass is 35.5. The first-order valence-electron chi connectivity index (χ1n) is 9.93. The number of halogens is 1. The Balaban J connectivity index is 1.25. The fourth-order valence-corrected chi connectivity index (χ4v) is 3.70. The quantitative estimate of drug-likeness (QED) is 0.488. The van der Waals surface area contributed by atoms with Crippen LogP contribution in [0.3, 0.4) is 0 Å². The molecule has 8 heteroatoms. The number of nitrogens with one attached hydrogen (secondary N) is 1. The summed E-state index contributed by atoms with van der Waals surface area (Å²) in [6, 6.07) is 13.4. The number of fused-ring (bicyclic) bond motifs is 1. The first kappa shape index (κ1) is 20.3. The van der Waals surface area contributed by atoms with Crippen molar-refractivity contribution in [3.63, 3.8) is 0 Å². The van der Waals surface area contributed by atoms with Gasteiger partial charge in [-0.2, -0.15) is 5.10 Å². The number of benzene rings is 1. The lowest BCUT2D eigenvalue weighted by molar-refractivity contribution is -0.121. The molecule has 2 aromatic heterocycles. The van der Waals surface area contributed by atoms with Gasteiger partial charge in [-0.05, 0) is 36.4 Å². The van der Waals surface area contributed by atoms with Gasteiger partial charge in [-0.25, -0.2) is 5.43 Å². The van der Waals surface area contributed by atoms with Crippen molar-refractivity contribution in [2.75, 3.05) is 37.6 Å². The molecular formula is C22H23ClN6O. The summed E-state index contributed by atoms with van der Waals surface area (Å²) in [4.78, 5) is 25.3. The predicted molar refractivity (Wildman–Crippen MR) is 120 cm³/mol. The van der Waals surface area contributed by atoms with E-state index in [0.29, 0.717) is 23.7 Å². The number of nitrogens with zero attached hydrogens (tertiary/aromatic N) is 5. The third kappa shape index (κ3) is 5.11. The lowest BCUT2D eigenvalue weighted by Gasteiger charge is -2.36. The largest absolute Gasteiger partial charge is 0.368 e. The second-order valence-electron chi connectivity index (χ2n) is 7.12. The van der Waals surface area contributed by atoms with Crippen molar-refractivity contribution in [2.45, 2.75) is 6.42 Å². The van der Waals surface area contributed by atoms with E-state index in [1.54, 1.807) is 12.4 Å². The zero-order chi connectivity index (χ0) is 20.8. The fourth-order valence-electron chi connectivity index (χ4n) is 3.53. The topological polar surface area (TPSA) is 73.7 Å². The molecule has 0 saturated carbocycles. The van der Waals surface area contributed by atoms with Crippen LogP contribution in [0.2, 0.25) is 5.02 Å². The standard InChI is InChI=1S/C22H23ClN6O/c23-17-4-5-19-20(15-17)25-9-6-21(19)29-13-11-28(12-14-29)10-7-22(30)27-26-16-18-3-1-2-8-24-18/h1-6,8-9,15-16H,7,10-14H2,(H,27,30)/b26-16+. The molecule has 3 aromatic rings. The van der Waals surface area contributed by atoms with Crippen LogP contribution in [0.15, 0.2) is 60.0 Å². The van der Waals surface area contributed by atoms with Gasteiger partial charge in [0.25, 0.3) is 0 Å². The summed E-state index contributed by atoms with van der Waals surface area (Å²) in [5.41, 5.74) is 5.36. The minimum absolute atomic E-state index is 0.0957. The number of aromatic nitrogens is 2. The second-order valence-corrected chi connectivity index (χ2v) is 7.55. The summed E-state index contributed by atoms with van der Waals surface area (Å²) in [5, 5.41) is 5.77. The molecule has 1 saturated heterocycles. The maximum Gasteiger partial charge on any atom is 0.241 e. The van der Waals surface area contributed by atoms with Crippen LogP contribution >= 0.6 is 11.6 Å². The maximum absolute atomic E-state index is 12.0. The molecule has 0 bridgehead atoms. The first-order valence-corrected chi connectivity index (χ1v) is 10.3. The SMILES string of the molecule is O=C(CCN1CCN(c2ccnc3cc(Cl)ccc23)CC1)N/N=C/c1ccccn1. The maximum atomic E-state index is 12.0. The van der Waals surface area contributed by atoms with Crippen LogP contribution in [0.4, 0.5) is 5.69 Å². The molecule has 0 unspecified atom stereocenters. The molecule has 1 amide bonds. The number of hydrogen-bond donors (Lipinski definition) is 1. The molecule has 1 aromatic carbocycles. The normalized spacial score (nSPS) is 15.0. The Bertz CT molecular complexity index is 1030. The number of anilines is 1. The number of amides is 1. The number of hydrogen-bond acceptors (Lipinski definition) is 6. The van der Waals surface area contributed by atoms with E-state index in [4.69, 9.17) is 11.6 Å². The lowest BCUT2D eigenvalue weighted by atomic mass is 10.1. The summed E-state index contributed by atoms with van der Waals surface area (Å²) in [6.07, 6.45) is 5.47. The van der Waals surface area contributed by atoms with Gasteiger partial charge in [0.2, 0.25) is 5.91 Å². The lowest BCUT2D eigenvalue weighted by Crippen LogP contribution is -2.47. The zero-order valence-corrected chi connectivity index (χ0v) is 17.3. The van der Waals surface area contributed by atoms with Crippen LogP contribution in [0, 0.1) is 0 Å². The van der Waals surface area contributed by atoms with Gasteiger partial charge in [0, 0.05) is 67.6 Å². The van der Waals surface area contributed by atoms with Crippen LogP contribution in [-0.4, -0.2) is 59.7 Å². The summed E-state index contributed by atoms with van der Waals surface area (Å²) in [5.74, 6) is -0.0957. The molecule has 154 valence electrons. The van der Waals surface area contributed by atoms with Crippen molar-refractivity contribution in [3.05, 3.63) is 65.6 Å². The van der Waals surface area contributed by atoms with Crippen LogP contribution in [0.5, 0.6) is 0 Å². The Hall–Kier alpha value is -3.03. The summed E-state index contributed by atoms with van der Waals surface area (Å²) in [7, 11) is 0. The van der Waals surface area contributed by atoms with Crippen molar-refractivity contribution < 1.29 is 4.79 Å². The molecule has 1 aliphatic rings.